The predicted molar refractivity (Wildman–Crippen MR) is 89.1 cm³/mol. The first-order valence-corrected chi connectivity index (χ1v) is 7.61. The van der Waals surface area contributed by atoms with Gasteiger partial charge in [0, 0.05) is 17.0 Å². The van der Waals surface area contributed by atoms with Crippen LogP contribution >= 0.6 is 11.6 Å². The number of benzene rings is 1. The van der Waals surface area contributed by atoms with E-state index in [9.17, 15) is 13.2 Å². The Morgan fingerprint density at radius 3 is 2.72 bits per heavy atom. The highest BCUT2D eigenvalue weighted by Gasteiger charge is 2.33. The zero-order valence-corrected chi connectivity index (χ0v) is 13.7. The Morgan fingerprint density at radius 2 is 2.00 bits per heavy atom. The minimum absolute atomic E-state index is 0.0582. The molecule has 0 spiro atoms. The third-order valence-corrected chi connectivity index (χ3v) is 4.03. The van der Waals surface area contributed by atoms with Gasteiger partial charge >= 0.3 is 6.18 Å². The van der Waals surface area contributed by atoms with E-state index in [1.165, 1.54) is 31.5 Å². The van der Waals surface area contributed by atoms with Gasteiger partial charge in [0.1, 0.15) is 11.3 Å². The summed E-state index contributed by atoms with van der Waals surface area (Å²) in [6.07, 6.45) is -2.32. The number of pyridine rings is 1. The van der Waals surface area contributed by atoms with Crippen LogP contribution in [0.25, 0.3) is 10.8 Å². The lowest BCUT2D eigenvalue weighted by atomic mass is 10.00. The van der Waals surface area contributed by atoms with E-state index in [0.29, 0.717) is 22.2 Å². The van der Waals surface area contributed by atoms with Crippen molar-refractivity contribution in [3.05, 3.63) is 58.5 Å². The minimum Gasteiger partial charge on any atom is -0.349 e. The zero-order valence-electron chi connectivity index (χ0n) is 13.0. The lowest BCUT2D eigenvalue weighted by Gasteiger charge is -2.20. The number of alkyl halides is 3. The maximum atomic E-state index is 13.1. The number of nitrogens with two attached hydrogens (primary N) is 1. The van der Waals surface area contributed by atoms with Gasteiger partial charge in [-0.05, 0) is 30.2 Å². The summed E-state index contributed by atoms with van der Waals surface area (Å²) < 4.78 is 39.2. The van der Waals surface area contributed by atoms with Gasteiger partial charge in [-0.1, -0.05) is 23.7 Å². The molecule has 2 aromatic heterocycles. The molecule has 0 saturated heterocycles. The summed E-state index contributed by atoms with van der Waals surface area (Å²) in [7, 11) is 0. The number of halogens is 4. The van der Waals surface area contributed by atoms with E-state index in [-0.39, 0.29) is 10.7 Å². The molecule has 1 aromatic carbocycles. The Labute approximate surface area is 146 Å². The fourth-order valence-electron chi connectivity index (χ4n) is 2.58. The van der Waals surface area contributed by atoms with Crippen molar-refractivity contribution in [3.8, 4) is 0 Å². The summed E-state index contributed by atoms with van der Waals surface area (Å²) in [5.41, 5.74) is 5.72. The normalized spacial score (nSPS) is 13.0. The molecule has 3 rings (SSSR count). The highest BCUT2D eigenvalue weighted by atomic mass is 35.5. The largest absolute Gasteiger partial charge is 0.416 e. The Hall–Kier alpha value is -2.45. The second-order valence-electron chi connectivity index (χ2n) is 5.43. The molecule has 0 amide bonds. The Morgan fingerprint density at radius 1 is 1.24 bits per heavy atom. The maximum absolute atomic E-state index is 13.1. The first kappa shape index (κ1) is 17.4. The van der Waals surface area contributed by atoms with Crippen LogP contribution in [0.15, 0.2) is 36.7 Å². The van der Waals surface area contributed by atoms with Gasteiger partial charge in [-0.2, -0.15) is 18.3 Å². The third-order valence-electron chi connectivity index (χ3n) is 3.82. The molecule has 5 nitrogen and oxygen atoms in total. The van der Waals surface area contributed by atoms with Gasteiger partial charge in [-0.15, -0.1) is 5.10 Å². The van der Waals surface area contributed by atoms with Crippen molar-refractivity contribution in [2.75, 3.05) is 5.32 Å². The summed E-state index contributed by atoms with van der Waals surface area (Å²) in [6.45, 7) is 1.38. The van der Waals surface area contributed by atoms with Crippen LogP contribution in [0, 0.1) is 6.92 Å². The number of hydrogen-bond donors (Lipinski definition) is 2. The van der Waals surface area contributed by atoms with Gasteiger partial charge in [0.15, 0.2) is 5.82 Å². The number of anilines is 1. The van der Waals surface area contributed by atoms with Crippen molar-refractivity contribution in [2.45, 2.75) is 19.3 Å². The van der Waals surface area contributed by atoms with E-state index in [4.69, 9.17) is 17.3 Å². The fraction of sp³-hybridized carbons (Fsp3) is 0.188. The van der Waals surface area contributed by atoms with Crippen molar-refractivity contribution in [3.63, 3.8) is 0 Å². The van der Waals surface area contributed by atoms with E-state index < -0.39 is 17.9 Å². The molecule has 0 radical (unpaired) electrons. The smallest absolute Gasteiger partial charge is 0.349 e. The van der Waals surface area contributed by atoms with Crippen LogP contribution in [-0.2, 0) is 6.18 Å². The van der Waals surface area contributed by atoms with Crippen molar-refractivity contribution in [2.24, 2.45) is 5.73 Å². The number of aromatic nitrogens is 3. The van der Waals surface area contributed by atoms with Crippen molar-refractivity contribution in [1.82, 2.24) is 15.2 Å². The van der Waals surface area contributed by atoms with Gasteiger partial charge in [-0.3, -0.25) is 0 Å². The summed E-state index contributed by atoms with van der Waals surface area (Å²) >= 11 is 5.90. The Balaban J connectivity index is 1.99. The minimum atomic E-state index is -4.45. The quantitative estimate of drug-likeness (QED) is 0.539. The Bertz CT molecular complexity index is 929. The molecule has 0 aliphatic heterocycles. The van der Waals surface area contributed by atoms with Gasteiger partial charge in [0.25, 0.3) is 0 Å². The molecule has 25 heavy (non-hydrogen) atoms. The molecule has 3 N–H and O–H groups in total. The topological polar surface area (TPSA) is 76.7 Å². The van der Waals surface area contributed by atoms with Crippen LogP contribution in [0.1, 0.15) is 22.9 Å². The summed E-state index contributed by atoms with van der Waals surface area (Å²) in [6, 6.07) is 5.46. The molecule has 9 heteroatoms. The van der Waals surface area contributed by atoms with E-state index >= 15 is 0 Å². The van der Waals surface area contributed by atoms with E-state index in [0.717, 1.165) is 6.07 Å². The number of hydrogen-bond acceptors (Lipinski definition) is 5. The Kier molecular flexibility index (Phi) is 4.49. The number of nitrogens with one attached hydrogen (secondary N) is 1. The van der Waals surface area contributed by atoms with Gasteiger partial charge in [0.05, 0.1) is 11.8 Å². The van der Waals surface area contributed by atoms with Crippen molar-refractivity contribution in [1.29, 1.82) is 0 Å². The lowest BCUT2D eigenvalue weighted by molar-refractivity contribution is -0.138. The van der Waals surface area contributed by atoms with Crippen LogP contribution in [0.3, 0.4) is 0 Å². The zero-order chi connectivity index (χ0) is 18.2. The summed E-state index contributed by atoms with van der Waals surface area (Å²) in [5, 5.41) is 12.3. The average molecular weight is 368 g/mol. The lowest BCUT2D eigenvalue weighted by Crippen LogP contribution is -2.23. The molecule has 130 valence electrons. The molecule has 3 aromatic rings. The second kappa shape index (κ2) is 6.45. The molecule has 0 unspecified atom stereocenters. The van der Waals surface area contributed by atoms with Crippen LogP contribution in [0.4, 0.5) is 19.0 Å². The molecule has 1 atom stereocenters. The van der Waals surface area contributed by atoms with Crippen molar-refractivity contribution < 1.29 is 13.2 Å². The van der Waals surface area contributed by atoms with Gasteiger partial charge in [0.2, 0.25) is 0 Å². The molecule has 0 bridgehead atoms. The average Bonchev–Trinajstić information content (AvgIpc) is 2.54. The van der Waals surface area contributed by atoms with Gasteiger partial charge in [-0.25, -0.2) is 4.98 Å². The first-order chi connectivity index (χ1) is 11.8. The van der Waals surface area contributed by atoms with Crippen LogP contribution in [0.5, 0.6) is 0 Å². The molecule has 0 saturated carbocycles. The maximum Gasteiger partial charge on any atom is 0.416 e. The highest BCUT2D eigenvalue weighted by Crippen LogP contribution is 2.34. The number of nitrogens with zero attached hydrogens (tertiary/aromatic N) is 3. The predicted octanol–water partition coefficient (Wildman–Crippen LogP) is 4.07. The van der Waals surface area contributed by atoms with Gasteiger partial charge < -0.3 is 11.1 Å². The van der Waals surface area contributed by atoms with Crippen LogP contribution in [-0.4, -0.2) is 15.2 Å². The highest BCUT2D eigenvalue weighted by molar-refractivity contribution is 6.30. The number of fused-ring (bicyclic) bond motifs is 1. The van der Waals surface area contributed by atoms with Crippen LogP contribution < -0.4 is 11.1 Å². The molecule has 0 aliphatic carbocycles. The SMILES string of the molecule is Cc1c([C@@H](N)Nc2nncc3cnc(Cl)cc23)cccc1C(F)(F)F. The summed E-state index contributed by atoms with van der Waals surface area (Å²) in [4.78, 5) is 3.95. The second-order valence-corrected chi connectivity index (χ2v) is 5.81. The van der Waals surface area contributed by atoms with E-state index in [1.807, 2.05) is 0 Å². The third kappa shape index (κ3) is 3.49. The summed E-state index contributed by atoms with van der Waals surface area (Å²) in [5.74, 6) is 0.311. The monoisotopic (exact) mass is 367 g/mol. The van der Waals surface area contributed by atoms with Crippen molar-refractivity contribution >= 4 is 28.2 Å². The van der Waals surface area contributed by atoms with Crippen LogP contribution in [0.2, 0.25) is 5.15 Å². The fourth-order valence-corrected chi connectivity index (χ4v) is 2.74. The van der Waals surface area contributed by atoms with E-state index in [2.05, 4.69) is 20.5 Å². The van der Waals surface area contributed by atoms with E-state index in [1.54, 1.807) is 6.07 Å². The standard InChI is InChI=1S/C16H13ClF3N5/c1-8-10(3-2-4-12(8)16(18,19)20)14(21)24-15-11-5-13(17)22-6-9(11)7-23-25-15/h2-7,14H,21H2,1H3,(H,24,25)/t14-/m0/s1. The molecular weight excluding hydrogens is 355 g/mol. The molecule has 0 aliphatic rings. The first-order valence-electron chi connectivity index (χ1n) is 7.23. The molecular formula is C16H13ClF3N5. The molecule has 0 fully saturated rings. The number of rotatable bonds is 3. The molecule has 2 heterocycles.